The fourth-order valence-electron chi connectivity index (χ4n) is 2.96. The molecular formula is C16H21N5O. The molecule has 2 heterocycles. The number of carbonyl (C=O) groups excluding carboxylic acids is 1. The number of hydrogen-bond acceptors (Lipinski definition) is 4. The number of aromatic nitrogens is 3. The Morgan fingerprint density at radius 2 is 2.09 bits per heavy atom. The van der Waals surface area contributed by atoms with Gasteiger partial charge in [0.05, 0.1) is 11.7 Å². The van der Waals surface area contributed by atoms with E-state index in [1.807, 2.05) is 55.5 Å². The molecule has 3 rings (SSSR count). The highest BCUT2D eigenvalue weighted by molar-refractivity contribution is 5.97. The number of anilines is 1. The lowest BCUT2D eigenvalue weighted by atomic mass is 10.0. The van der Waals surface area contributed by atoms with Crippen molar-refractivity contribution in [3.05, 3.63) is 42.2 Å². The summed E-state index contributed by atoms with van der Waals surface area (Å²) >= 11 is 0. The summed E-state index contributed by atoms with van der Waals surface area (Å²) in [5.41, 5.74) is 1.86. The van der Waals surface area contributed by atoms with Crippen molar-refractivity contribution in [2.45, 2.75) is 25.4 Å². The average Bonchev–Trinajstić information content (AvgIpc) is 2.93. The minimum atomic E-state index is -0.101. The predicted octanol–water partition coefficient (Wildman–Crippen LogP) is 1.44. The first-order valence-corrected chi connectivity index (χ1v) is 7.57. The molecule has 0 N–H and O–H groups in total. The highest BCUT2D eigenvalue weighted by Gasteiger charge is 2.32. The van der Waals surface area contributed by atoms with Crippen molar-refractivity contribution in [3.63, 3.8) is 0 Å². The molecule has 0 spiro atoms. The largest absolute Gasteiger partial charge is 0.311 e. The molecule has 1 unspecified atom stereocenters. The Bertz CT molecular complexity index is 639. The first kappa shape index (κ1) is 14.7. The molecule has 1 aromatic heterocycles. The van der Waals surface area contributed by atoms with E-state index in [9.17, 15) is 4.79 Å². The Labute approximate surface area is 130 Å². The standard InChI is InChI=1S/C16H21N5O/c1-19(11-13-12-20(2)18-17-13)15-9-6-10-21(16(15)22)14-7-4-3-5-8-14/h3-5,7-8,12,15H,6,9-11H2,1-2H3. The maximum Gasteiger partial charge on any atom is 0.244 e. The topological polar surface area (TPSA) is 54.3 Å². The molecule has 1 atom stereocenters. The number of aryl methyl sites for hydroxylation is 1. The molecule has 6 heteroatoms. The van der Waals surface area contributed by atoms with Crippen LogP contribution in [-0.4, -0.2) is 45.4 Å². The second-order valence-corrected chi connectivity index (χ2v) is 5.78. The van der Waals surface area contributed by atoms with E-state index in [-0.39, 0.29) is 11.9 Å². The summed E-state index contributed by atoms with van der Waals surface area (Å²) in [7, 11) is 3.82. The van der Waals surface area contributed by atoms with E-state index in [0.717, 1.165) is 30.8 Å². The second-order valence-electron chi connectivity index (χ2n) is 5.78. The van der Waals surface area contributed by atoms with Crippen LogP contribution in [0.2, 0.25) is 0 Å². The molecule has 1 fully saturated rings. The van der Waals surface area contributed by atoms with E-state index in [1.54, 1.807) is 4.68 Å². The quantitative estimate of drug-likeness (QED) is 0.857. The van der Waals surface area contributed by atoms with Crippen molar-refractivity contribution in [1.29, 1.82) is 0 Å². The first-order valence-electron chi connectivity index (χ1n) is 7.57. The molecule has 1 amide bonds. The normalized spacial score (nSPS) is 19.0. The molecule has 116 valence electrons. The number of hydrogen-bond donors (Lipinski definition) is 0. The Hall–Kier alpha value is -2.21. The van der Waals surface area contributed by atoms with Crippen LogP contribution in [0, 0.1) is 0 Å². The van der Waals surface area contributed by atoms with Gasteiger partial charge >= 0.3 is 0 Å². The van der Waals surface area contributed by atoms with E-state index >= 15 is 0 Å². The SMILES string of the molecule is CN(Cc1cn(C)nn1)C1CCCN(c2ccccc2)C1=O. The lowest BCUT2D eigenvalue weighted by Crippen LogP contribution is -2.51. The fourth-order valence-corrected chi connectivity index (χ4v) is 2.96. The third-order valence-electron chi connectivity index (χ3n) is 4.07. The Balaban J connectivity index is 1.72. The molecule has 2 aromatic rings. The Morgan fingerprint density at radius 3 is 2.77 bits per heavy atom. The van der Waals surface area contributed by atoms with Gasteiger partial charge in [-0.15, -0.1) is 5.10 Å². The van der Waals surface area contributed by atoms with Gasteiger partial charge < -0.3 is 4.90 Å². The zero-order valence-corrected chi connectivity index (χ0v) is 13.0. The van der Waals surface area contributed by atoms with Crippen molar-refractivity contribution in [2.24, 2.45) is 7.05 Å². The van der Waals surface area contributed by atoms with E-state index < -0.39 is 0 Å². The molecule has 1 aromatic carbocycles. The Morgan fingerprint density at radius 1 is 1.32 bits per heavy atom. The smallest absolute Gasteiger partial charge is 0.244 e. The van der Waals surface area contributed by atoms with Crippen LogP contribution < -0.4 is 4.90 Å². The highest BCUT2D eigenvalue weighted by atomic mass is 16.2. The number of carbonyl (C=O) groups is 1. The maximum absolute atomic E-state index is 12.8. The summed E-state index contributed by atoms with van der Waals surface area (Å²) in [6.07, 6.45) is 3.79. The van der Waals surface area contributed by atoms with Crippen molar-refractivity contribution >= 4 is 11.6 Å². The van der Waals surface area contributed by atoms with Gasteiger partial charge in [0.25, 0.3) is 0 Å². The summed E-state index contributed by atoms with van der Waals surface area (Å²) in [6, 6.07) is 9.78. The van der Waals surface area contributed by atoms with Crippen LogP contribution in [0.25, 0.3) is 0 Å². The average molecular weight is 299 g/mol. The number of rotatable bonds is 4. The summed E-state index contributed by atoms with van der Waals surface area (Å²) < 4.78 is 1.68. The van der Waals surface area contributed by atoms with Gasteiger partial charge in [-0.05, 0) is 32.0 Å². The second kappa shape index (κ2) is 6.27. The van der Waals surface area contributed by atoms with Crippen molar-refractivity contribution in [2.75, 3.05) is 18.5 Å². The molecule has 0 bridgehead atoms. The molecule has 0 aliphatic carbocycles. The van der Waals surface area contributed by atoms with E-state index in [2.05, 4.69) is 15.2 Å². The molecule has 1 aliphatic rings. The zero-order valence-electron chi connectivity index (χ0n) is 13.0. The van der Waals surface area contributed by atoms with Gasteiger partial charge in [-0.3, -0.25) is 14.4 Å². The van der Waals surface area contributed by atoms with Crippen molar-refractivity contribution < 1.29 is 4.79 Å². The van der Waals surface area contributed by atoms with Crippen LogP contribution in [0.15, 0.2) is 36.5 Å². The lowest BCUT2D eigenvalue weighted by Gasteiger charge is -2.36. The summed E-state index contributed by atoms with van der Waals surface area (Å²) in [5, 5.41) is 8.04. The molecule has 1 aliphatic heterocycles. The van der Waals surface area contributed by atoms with Crippen LogP contribution in [-0.2, 0) is 18.4 Å². The number of benzene rings is 1. The summed E-state index contributed by atoms with van der Waals surface area (Å²) in [6.45, 7) is 1.42. The van der Waals surface area contributed by atoms with Crippen LogP contribution >= 0.6 is 0 Å². The third kappa shape index (κ3) is 3.01. The monoisotopic (exact) mass is 299 g/mol. The van der Waals surface area contributed by atoms with Gasteiger partial charge in [0.1, 0.15) is 0 Å². The number of para-hydroxylation sites is 1. The van der Waals surface area contributed by atoms with Crippen molar-refractivity contribution in [1.82, 2.24) is 19.9 Å². The zero-order chi connectivity index (χ0) is 15.5. The van der Waals surface area contributed by atoms with E-state index in [4.69, 9.17) is 0 Å². The van der Waals surface area contributed by atoms with Gasteiger partial charge in [0, 0.05) is 32.0 Å². The van der Waals surface area contributed by atoms with E-state index in [1.165, 1.54) is 0 Å². The molecule has 22 heavy (non-hydrogen) atoms. The number of nitrogens with zero attached hydrogens (tertiary/aromatic N) is 5. The predicted molar refractivity (Wildman–Crippen MR) is 84.3 cm³/mol. The maximum atomic E-state index is 12.8. The Kier molecular flexibility index (Phi) is 4.20. The van der Waals surface area contributed by atoms with Crippen LogP contribution in [0.4, 0.5) is 5.69 Å². The van der Waals surface area contributed by atoms with Gasteiger partial charge in [-0.1, -0.05) is 23.4 Å². The summed E-state index contributed by atoms with van der Waals surface area (Å²) in [5.74, 6) is 0.170. The van der Waals surface area contributed by atoms with Crippen LogP contribution in [0.3, 0.4) is 0 Å². The number of likely N-dealkylation sites (N-methyl/N-ethyl adjacent to an activating group) is 1. The minimum absolute atomic E-state index is 0.101. The van der Waals surface area contributed by atoms with E-state index in [0.29, 0.717) is 6.54 Å². The fraction of sp³-hybridized carbons (Fsp3) is 0.438. The van der Waals surface area contributed by atoms with Gasteiger partial charge in [-0.2, -0.15) is 0 Å². The summed E-state index contributed by atoms with van der Waals surface area (Å²) in [4.78, 5) is 16.8. The van der Waals surface area contributed by atoms with Crippen LogP contribution in [0.1, 0.15) is 18.5 Å². The highest BCUT2D eigenvalue weighted by Crippen LogP contribution is 2.23. The number of piperidine rings is 1. The lowest BCUT2D eigenvalue weighted by molar-refractivity contribution is -0.125. The van der Waals surface area contributed by atoms with Crippen molar-refractivity contribution in [3.8, 4) is 0 Å². The van der Waals surface area contributed by atoms with Gasteiger partial charge in [-0.25, -0.2) is 0 Å². The van der Waals surface area contributed by atoms with Gasteiger partial charge in [0.15, 0.2) is 0 Å². The molecular weight excluding hydrogens is 278 g/mol. The first-order chi connectivity index (χ1) is 10.6. The minimum Gasteiger partial charge on any atom is -0.311 e. The number of amides is 1. The van der Waals surface area contributed by atoms with Crippen LogP contribution in [0.5, 0.6) is 0 Å². The molecule has 0 radical (unpaired) electrons. The molecule has 6 nitrogen and oxygen atoms in total. The molecule has 1 saturated heterocycles. The third-order valence-corrected chi connectivity index (χ3v) is 4.07. The molecule has 0 saturated carbocycles. The van der Waals surface area contributed by atoms with Gasteiger partial charge in [0.2, 0.25) is 5.91 Å².